The van der Waals surface area contributed by atoms with Gasteiger partial charge in [-0.15, -0.1) is 0 Å². The second-order valence-corrected chi connectivity index (χ2v) is 9.59. The summed E-state index contributed by atoms with van der Waals surface area (Å²) in [6.07, 6.45) is 2.24. The number of fused-ring (bicyclic) bond motifs is 1. The number of pyridine rings is 1. The molecule has 1 aliphatic rings. The van der Waals surface area contributed by atoms with Crippen molar-refractivity contribution in [1.82, 2.24) is 0 Å². The molecule has 196 valence electrons. The largest absolute Gasteiger partial charge is 0.485 e. The summed E-state index contributed by atoms with van der Waals surface area (Å²) < 4.78 is 8.14. The normalized spacial score (nSPS) is 14.7. The maximum atomic E-state index is 13.1. The van der Waals surface area contributed by atoms with Gasteiger partial charge in [-0.25, -0.2) is 4.79 Å². The molecule has 0 saturated carbocycles. The number of anilines is 1. The fraction of sp³-hybridized carbons (Fsp3) is 0.188. The number of benzene rings is 3. The SMILES string of the molecule is Cc1ccc[n+]2c1=NC(C)C=2COc1ccc(C[C@H](Nc2ccccc2C(=O)c2ccccc2)C(=O)O)cc1. The number of hydrogen-bond donors (Lipinski definition) is 2. The number of rotatable bonds is 10. The Kier molecular flexibility index (Phi) is 7.50. The minimum Gasteiger partial charge on any atom is -0.485 e. The quantitative estimate of drug-likeness (QED) is 0.243. The van der Waals surface area contributed by atoms with Crippen molar-refractivity contribution in [1.29, 1.82) is 0 Å². The first-order valence-corrected chi connectivity index (χ1v) is 12.9. The van der Waals surface area contributed by atoms with Gasteiger partial charge in [-0.2, -0.15) is 4.24 Å². The number of carboxylic acids is 1. The first-order chi connectivity index (χ1) is 18.9. The van der Waals surface area contributed by atoms with E-state index in [-0.39, 0.29) is 18.2 Å². The molecule has 0 spiro atoms. The number of ketones is 1. The number of aromatic nitrogens is 1. The van der Waals surface area contributed by atoms with E-state index in [9.17, 15) is 14.7 Å². The minimum absolute atomic E-state index is 0.0319. The number of carbonyl (C=O) groups is 2. The zero-order valence-electron chi connectivity index (χ0n) is 21.9. The lowest BCUT2D eigenvalue weighted by molar-refractivity contribution is -0.538. The van der Waals surface area contributed by atoms with Gasteiger partial charge in [0.1, 0.15) is 11.8 Å². The van der Waals surface area contributed by atoms with Gasteiger partial charge in [-0.05, 0) is 55.8 Å². The van der Waals surface area contributed by atoms with E-state index in [0.717, 1.165) is 22.3 Å². The van der Waals surface area contributed by atoms with E-state index < -0.39 is 12.0 Å². The van der Waals surface area contributed by atoms with E-state index >= 15 is 0 Å². The summed E-state index contributed by atoms with van der Waals surface area (Å²) in [6.45, 7) is 4.50. The molecule has 4 aromatic rings. The molecular weight excluding hydrogens is 490 g/mol. The van der Waals surface area contributed by atoms with Gasteiger partial charge in [0, 0.05) is 28.8 Å². The van der Waals surface area contributed by atoms with Crippen molar-refractivity contribution in [3.63, 3.8) is 0 Å². The van der Waals surface area contributed by atoms with Crippen molar-refractivity contribution in [3.8, 4) is 5.75 Å². The molecule has 5 rings (SSSR count). The Bertz CT molecular complexity index is 1630. The first-order valence-electron chi connectivity index (χ1n) is 12.9. The van der Waals surface area contributed by atoms with Crippen LogP contribution in [0.1, 0.15) is 34.0 Å². The Balaban J connectivity index is 1.27. The molecule has 7 heteroatoms. The highest BCUT2D eigenvalue weighted by Gasteiger charge is 2.26. The molecule has 3 aromatic carbocycles. The van der Waals surface area contributed by atoms with Crippen LogP contribution in [0.3, 0.4) is 0 Å². The second kappa shape index (κ2) is 11.3. The van der Waals surface area contributed by atoms with Crippen LogP contribution in [0.4, 0.5) is 5.69 Å². The monoisotopic (exact) mass is 520 g/mol. The van der Waals surface area contributed by atoms with Crippen LogP contribution in [0.5, 0.6) is 5.75 Å². The Hall–Kier alpha value is -4.78. The lowest BCUT2D eigenvalue weighted by atomic mass is 10.00. The molecule has 39 heavy (non-hydrogen) atoms. The van der Waals surface area contributed by atoms with E-state index in [1.165, 1.54) is 0 Å². The summed E-state index contributed by atoms with van der Waals surface area (Å²) in [7, 11) is 0. The smallest absolute Gasteiger partial charge is 0.326 e. The van der Waals surface area contributed by atoms with Crippen molar-refractivity contribution in [3.05, 3.63) is 131 Å². The van der Waals surface area contributed by atoms with Gasteiger partial charge in [-0.3, -0.25) is 4.79 Å². The summed E-state index contributed by atoms with van der Waals surface area (Å²) in [5, 5.41) is 13.0. The minimum atomic E-state index is -1.00. The summed E-state index contributed by atoms with van der Waals surface area (Å²) in [4.78, 5) is 30.0. The number of carboxylic acid groups (broad SMARTS) is 1. The number of aryl methyl sites for hydroxylation is 1. The third-order valence-corrected chi connectivity index (χ3v) is 6.86. The summed E-state index contributed by atoms with van der Waals surface area (Å²) in [5.41, 5.74) is 5.44. The average Bonchev–Trinajstić information content (AvgIpc) is 3.28. The van der Waals surface area contributed by atoms with Crippen molar-refractivity contribution >= 4 is 17.4 Å². The van der Waals surface area contributed by atoms with E-state index in [2.05, 4.69) is 16.5 Å². The number of nitrogens with zero attached hydrogens (tertiary/aromatic N) is 2. The number of aliphatic carboxylic acids is 1. The van der Waals surface area contributed by atoms with Crippen molar-refractivity contribution in [2.24, 2.45) is 4.99 Å². The van der Waals surface area contributed by atoms with Crippen molar-refractivity contribution < 1.29 is 23.7 Å². The van der Waals surface area contributed by atoms with Crippen LogP contribution in [-0.4, -0.2) is 35.5 Å². The zero-order chi connectivity index (χ0) is 27.4. The van der Waals surface area contributed by atoms with Crippen molar-refractivity contribution in [2.45, 2.75) is 32.4 Å². The van der Waals surface area contributed by atoms with Crippen LogP contribution in [0.25, 0.3) is 0 Å². The van der Waals surface area contributed by atoms with Crippen LogP contribution in [0.2, 0.25) is 0 Å². The molecule has 0 saturated heterocycles. The molecule has 0 amide bonds. The molecule has 0 radical (unpaired) electrons. The zero-order valence-corrected chi connectivity index (χ0v) is 21.9. The van der Waals surface area contributed by atoms with Gasteiger partial charge >= 0.3 is 11.5 Å². The topological polar surface area (TPSA) is 93.9 Å². The van der Waals surface area contributed by atoms with Crippen LogP contribution in [0, 0.1) is 12.6 Å². The number of ether oxygens (including phenoxy) is 1. The third kappa shape index (κ3) is 5.72. The Morgan fingerprint density at radius 1 is 0.974 bits per heavy atom. The molecular formula is C32H30N3O4+. The van der Waals surface area contributed by atoms with Gasteiger partial charge in [0.25, 0.3) is 0 Å². The molecule has 1 aromatic heterocycles. The second-order valence-electron chi connectivity index (χ2n) is 9.59. The average molecular weight is 521 g/mol. The molecule has 0 fully saturated rings. The number of para-hydroxylation sites is 1. The molecule has 7 nitrogen and oxygen atoms in total. The molecule has 2 atom stereocenters. The summed E-state index contributed by atoms with van der Waals surface area (Å²) in [5.74, 6) is -0.472. The van der Waals surface area contributed by atoms with E-state index in [4.69, 9.17) is 9.73 Å². The number of nitrogens with one attached hydrogen (secondary N) is 1. The van der Waals surface area contributed by atoms with Crippen LogP contribution < -0.4 is 19.8 Å². The maximum Gasteiger partial charge on any atom is 0.326 e. The van der Waals surface area contributed by atoms with Gasteiger partial charge in [0.2, 0.25) is 0 Å². The predicted octanol–water partition coefficient (Wildman–Crippen LogP) is 4.10. The molecule has 1 unspecified atom stereocenters. The first kappa shape index (κ1) is 25.9. The third-order valence-electron chi connectivity index (χ3n) is 6.86. The Labute approximate surface area is 226 Å². The van der Waals surface area contributed by atoms with E-state index in [0.29, 0.717) is 29.2 Å². The molecule has 2 N–H and O–H groups in total. The van der Waals surface area contributed by atoms with Gasteiger partial charge in [0.15, 0.2) is 24.1 Å². The molecule has 0 bridgehead atoms. The summed E-state index contributed by atoms with van der Waals surface area (Å²) in [6, 6.07) is 26.5. The van der Waals surface area contributed by atoms with Crippen molar-refractivity contribution in [2.75, 3.05) is 11.9 Å². The fourth-order valence-electron chi connectivity index (χ4n) is 4.71. The van der Waals surface area contributed by atoms with E-state index in [1.807, 2.05) is 55.6 Å². The van der Waals surface area contributed by atoms with Crippen LogP contribution >= 0.6 is 0 Å². The van der Waals surface area contributed by atoms with Gasteiger partial charge in [-0.1, -0.05) is 59.6 Å². The highest BCUT2D eigenvalue weighted by atomic mass is 16.5. The summed E-state index contributed by atoms with van der Waals surface area (Å²) >= 11 is 0. The lowest BCUT2D eigenvalue weighted by Crippen LogP contribution is -2.40. The maximum absolute atomic E-state index is 13.1. The number of hydrogen-bond acceptors (Lipinski definition) is 5. The van der Waals surface area contributed by atoms with Gasteiger partial charge < -0.3 is 15.2 Å². The van der Waals surface area contributed by atoms with Gasteiger partial charge in [0.05, 0.1) is 6.20 Å². The molecule has 2 heterocycles. The Morgan fingerprint density at radius 3 is 2.44 bits per heavy atom. The fourth-order valence-corrected chi connectivity index (χ4v) is 4.71. The predicted molar refractivity (Wildman–Crippen MR) is 148 cm³/mol. The van der Waals surface area contributed by atoms with Crippen LogP contribution in [-0.2, 0) is 11.2 Å². The standard InChI is InChI=1S/C32H29N3O4/c1-21-9-8-18-35-29(22(2)33-31(21)35)20-39-25-16-14-23(15-17-25)19-28(32(37)38)34-27-13-7-6-12-26(27)30(36)24-10-4-3-5-11-24/h3-18,22,28H,19-20H2,1-2H3,(H-,34,36,37,38)/p+1/t22?,28-/m0/s1. The number of carbonyl (C=O) groups excluding carboxylic acids is 1. The highest BCUT2D eigenvalue weighted by molar-refractivity contribution is 6.12. The molecule has 1 aliphatic heterocycles. The lowest BCUT2D eigenvalue weighted by Gasteiger charge is -2.18. The van der Waals surface area contributed by atoms with E-state index in [1.54, 1.807) is 48.5 Å². The van der Waals surface area contributed by atoms with Crippen LogP contribution in [0.15, 0.2) is 102 Å². The molecule has 0 aliphatic carbocycles. The highest BCUT2D eigenvalue weighted by Crippen LogP contribution is 2.22. The Morgan fingerprint density at radius 2 is 1.69 bits per heavy atom.